The minimum Gasteiger partial charge on any atom is -0.454 e. The highest BCUT2D eigenvalue weighted by Gasteiger charge is 2.33. The van der Waals surface area contributed by atoms with Crippen LogP contribution in [0.15, 0.2) is 54.4 Å². The molecule has 13 heteroatoms. The maximum absolute atomic E-state index is 15.4. The van der Waals surface area contributed by atoms with Gasteiger partial charge in [0, 0.05) is 23.7 Å². The molecule has 1 aliphatic rings. The van der Waals surface area contributed by atoms with Gasteiger partial charge in [0.2, 0.25) is 5.82 Å². The van der Waals surface area contributed by atoms with Crippen LogP contribution in [-0.4, -0.2) is 48.7 Å². The lowest BCUT2D eigenvalue weighted by molar-refractivity contribution is -0.127. The molecule has 2 aromatic carbocycles. The fraction of sp³-hybridized carbons (Fsp3) is 0.276. The van der Waals surface area contributed by atoms with Crippen molar-refractivity contribution in [2.45, 2.75) is 44.8 Å². The summed E-state index contributed by atoms with van der Waals surface area (Å²) in [4.78, 5) is 23.2. The lowest BCUT2D eigenvalue weighted by Gasteiger charge is -2.25. The molecular formula is C29H27F3N8O2. The van der Waals surface area contributed by atoms with Gasteiger partial charge in [0.25, 0.3) is 5.91 Å². The first-order chi connectivity index (χ1) is 20.0. The van der Waals surface area contributed by atoms with E-state index in [0.717, 1.165) is 12.1 Å². The Labute approximate surface area is 239 Å². The number of aromatic nitrogens is 4. The Morgan fingerprint density at radius 2 is 2.00 bits per heavy atom. The fourth-order valence-corrected chi connectivity index (χ4v) is 4.95. The number of fused-ring (bicyclic) bond motifs is 1. The van der Waals surface area contributed by atoms with Crippen molar-refractivity contribution in [2.24, 2.45) is 5.73 Å². The SMILES string of the molecule is CC(C)(N)/C=C(/C#N)C(=O)N1CCC[C@@H]1Cn1nc(-c2ccc(Oc3cccc(F)c3F)cc2F)c2c(N)ncnc21. The molecule has 5 rings (SSSR count). The van der Waals surface area contributed by atoms with Crippen LogP contribution < -0.4 is 16.2 Å². The molecule has 2 aromatic heterocycles. The lowest BCUT2D eigenvalue weighted by Crippen LogP contribution is -2.40. The molecule has 0 bridgehead atoms. The predicted octanol–water partition coefficient (Wildman–Crippen LogP) is 4.46. The Bertz CT molecular complexity index is 1760. The third kappa shape index (κ3) is 5.61. The van der Waals surface area contributed by atoms with Crippen molar-refractivity contribution in [2.75, 3.05) is 12.3 Å². The van der Waals surface area contributed by atoms with Gasteiger partial charge in [-0.2, -0.15) is 14.8 Å². The van der Waals surface area contributed by atoms with Gasteiger partial charge >= 0.3 is 0 Å². The van der Waals surface area contributed by atoms with Gasteiger partial charge in [0.05, 0.1) is 18.0 Å². The number of ether oxygens (including phenoxy) is 1. The van der Waals surface area contributed by atoms with Crippen LogP contribution in [-0.2, 0) is 11.3 Å². The number of carbonyl (C=O) groups excluding carboxylic acids is 1. The smallest absolute Gasteiger partial charge is 0.264 e. The second-order valence-electron chi connectivity index (χ2n) is 10.6. The molecule has 4 N–H and O–H groups in total. The third-order valence-corrected chi connectivity index (χ3v) is 6.79. The van der Waals surface area contributed by atoms with E-state index in [1.54, 1.807) is 18.7 Å². The van der Waals surface area contributed by atoms with Crippen LogP contribution in [0.3, 0.4) is 0 Å². The number of nitrogen functional groups attached to an aromatic ring is 1. The molecule has 1 amide bonds. The average molecular weight is 577 g/mol. The summed E-state index contributed by atoms with van der Waals surface area (Å²) in [6, 6.07) is 8.86. The van der Waals surface area contributed by atoms with E-state index in [1.165, 1.54) is 41.4 Å². The zero-order valence-electron chi connectivity index (χ0n) is 22.8. The van der Waals surface area contributed by atoms with E-state index < -0.39 is 34.6 Å². The Morgan fingerprint density at radius 1 is 1.21 bits per heavy atom. The predicted molar refractivity (Wildman–Crippen MR) is 148 cm³/mol. The molecule has 4 aromatic rings. The Hall–Kier alpha value is -4.96. The molecule has 1 fully saturated rings. The summed E-state index contributed by atoms with van der Waals surface area (Å²) in [7, 11) is 0. The molecule has 42 heavy (non-hydrogen) atoms. The van der Waals surface area contributed by atoms with Crippen LogP contribution in [0.25, 0.3) is 22.3 Å². The number of nitrogens with two attached hydrogens (primary N) is 2. The molecule has 1 atom stereocenters. The zero-order chi connectivity index (χ0) is 30.2. The first kappa shape index (κ1) is 28.6. The summed E-state index contributed by atoms with van der Waals surface area (Å²) in [6.45, 7) is 4.03. The molecule has 1 saturated heterocycles. The van der Waals surface area contributed by atoms with Crippen LogP contribution in [0, 0.1) is 28.8 Å². The number of nitrogens with zero attached hydrogens (tertiary/aromatic N) is 6. The van der Waals surface area contributed by atoms with Crippen LogP contribution in [0.4, 0.5) is 19.0 Å². The van der Waals surface area contributed by atoms with Crippen molar-refractivity contribution >= 4 is 22.8 Å². The van der Waals surface area contributed by atoms with Crippen molar-refractivity contribution in [3.05, 3.63) is 71.8 Å². The van der Waals surface area contributed by atoms with Crippen LogP contribution in [0.1, 0.15) is 26.7 Å². The van der Waals surface area contributed by atoms with E-state index in [0.29, 0.717) is 30.4 Å². The first-order valence-corrected chi connectivity index (χ1v) is 13.1. The summed E-state index contributed by atoms with van der Waals surface area (Å²) < 4.78 is 50.0. The van der Waals surface area contributed by atoms with E-state index in [4.69, 9.17) is 16.2 Å². The van der Waals surface area contributed by atoms with Crippen LogP contribution in [0.2, 0.25) is 0 Å². The summed E-state index contributed by atoms with van der Waals surface area (Å²) >= 11 is 0. The molecule has 0 spiro atoms. The Kier molecular flexibility index (Phi) is 7.57. The number of halogens is 3. The quantitative estimate of drug-likeness (QED) is 0.242. The van der Waals surface area contributed by atoms with Gasteiger partial charge in [-0.1, -0.05) is 6.07 Å². The zero-order valence-corrected chi connectivity index (χ0v) is 22.8. The molecule has 0 radical (unpaired) electrons. The third-order valence-electron chi connectivity index (χ3n) is 6.79. The van der Waals surface area contributed by atoms with Gasteiger partial charge in [0.1, 0.15) is 41.0 Å². The number of benzene rings is 2. The van der Waals surface area contributed by atoms with Crippen molar-refractivity contribution in [3.8, 4) is 28.8 Å². The maximum atomic E-state index is 15.4. The molecule has 0 unspecified atom stereocenters. The Balaban J connectivity index is 1.48. The van der Waals surface area contributed by atoms with E-state index in [2.05, 4.69) is 15.1 Å². The summed E-state index contributed by atoms with van der Waals surface area (Å²) in [5.74, 6) is -3.86. The molecule has 0 saturated carbocycles. The number of carbonyl (C=O) groups is 1. The maximum Gasteiger partial charge on any atom is 0.264 e. The van der Waals surface area contributed by atoms with Crippen LogP contribution >= 0.6 is 0 Å². The number of amides is 1. The number of likely N-dealkylation sites (tertiary alicyclic amines) is 1. The van der Waals surface area contributed by atoms with E-state index in [9.17, 15) is 18.8 Å². The van der Waals surface area contributed by atoms with Crippen molar-refractivity contribution < 1.29 is 22.7 Å². The lowest BCUT2D eigenvalue weighted by atomic mass is 10.0. The average Bonchev–Trinajstić information content (AvgIpc) is 3.55. The van der Waals surface area contributed by atoms with Crippen molar-refractivity contribution in [3.63, 3.8) is 0 Å². The molecular weight excluding hydrogens is 549 g/mol. The molecule has 0 aliphatic carbocycles. The minimum atomic E-state index is -1.19. The van der Waals surface area contributed by atoms with Gasteiger partial charge in [-0.25, -0.2) is 23.4 Å². The number of hydrogen-bond donors (Lipinski definition) is 2. The van der Waals surface area contributed by atoms with Gasteiger partial charge in [-0.15, -0.1) is 0 Å². The normalized spacial score (nSPS) is 15.7. The number of nitriles is 1. The highest BCUT2D eigenvalue weighted by Crippen LogP contribution is 2.35. The molecule has 1 aliphatic heterocycles. The second kappa shape index (κ2) is 11.1. The van der Waals surface area contributed by atoms with E-state index in [-0.39, 0.29) is 41.0 Å². The van der Waals surface area contributed by atoms with Gasteiger partial charge < -0.3 is 21.1 Å². The fourth-order valence-electron chi connectivity index (χ4n) is 4.95. The standard InChI is InChI=1S/C29H27F3N8O2/c1-29(2,35)12-16(13-33)28(41)39-10-4-5-17(39)14-40-27-23(26(34)36-15-37-27)25(38-40)19-9-8-18(11-21(19)31)42-22-7-3-6-20(30)24(22)32/h3,6-9,11-12,15,17H,4-5,10,14,35H2,1-2H3,(H2,34,36,37)/b16-12-/t17-/m1/s1. The number of rotatable bonds is 7. The largest absolute Gasteiger partial charge is 0.454 e. The van der Waals surface area contributed by atoms with E-state index in [1.807, 2.05) is 6.07 Å². The van der Waals surface area contributed by atoms with Crippen molar-refractivity contribution in [1.82, 2.24) is 24.6 Å². The van der Waals surface area contributed by atoms with Crippen molar-refractivity contribution in [1.29, 1.82) is 5.26 Å². The van der Waals surface area contributed by atoms with E-state index >= 15 is 4.39 Å². The summed E-state index contributed by atoms with van der Waals surface area (Å²) in [6.07, 6.45) is 4.06. The molecule has 216 valence electrons. The molecule has 10 nitrogen and oxygen atoms in total. The van der Waals surface area contributed by atoms with Gasteiger partial charge in [-0.05, 0) is 57.0 Å². The highest BCUT2D eigenvalue weighted by atomic mass is 19.2. The summed E-state index contributed by atoms with van der Waals surface area (Å²) in [5, 5.41) is 14.5. The Morgan fingerprint density at radius 3 is 2.71 bits per heavy atom. The van der Waals surface area contributed by atoms with Crippen LogP contribution in [0.5, 0.6) is 11.5 Å². The first-order valence-electron chi connectivity index (χ1n) is 13.1. The second-order valence-corrected chi connectivity index (χ2v) is 10.6. The topological polar surface area (TPSA) is 149 Å². The number of hydrogen-bond acceptors (Lipinski definition) is 8. The molecule has 3 heterocycles. The van der Waals surface area contributed by atoms with Gasteiger partial charge in [-0.3, -0.25) is 4.79 Å². The summed E-state index contributed by atoms with van der Waals surface area (Å²) in [5.41, 5.74) is 11.8. The minimum absolute atomic E-state index is 0.0468. The highest BCUT2D eigenvalue weighted by molar-refractivity contribution is 5.99. The van der Waals surface area contributed by atoms with Gasteiger partial charge in [0.15, 0.2) is 17.2 Å². The monoisotopic (exact) mass is 576 g/mol. The number of anilines is 1.